The first-order chi connectivity index (χ1) is 11.2. The summed E-state index contributed by atoms with van der Waals surface area (Å²) in [6.45, 7) is 0. The standard InChI is InChI=1S/C21H20O2/c22-20(23)19-17-7-3-6-13(17)8-16-11-21(12-18(16)19)9-14-4-1-2-5-15(14)10-21/h1-2,4-5,8H,3,6-7,9-12H2,(H,22,23). The first-order valence-corrected chi connectivity index (χ1v) is 8.62. The molecule has 0 atom stereocenters. The molecule has 0 aliphatic heterocycles. The van der Waals surface area contributed by atoms with Crippen LogP contribution in [0.3, 0.4) is 0 Å². The first-order valence-electron chi connectivity index (χ1n) is 8.62. The highest BCUT2D eigenvalue weighted by Crippen LogP contribution is 2.49. The lowest BCUT2D eigenvalue weighted by molar-refractivity contribution is 0.0694. The Morgan fingerprint density at radius 2 is 1.57 bits per heavy atom. The molecule has 5 rings (SSSR count). The topological polar surface area (TPSA) is 37.3 Å². The average molecular weight is 304 g/mol. The Morgan fingerprint density at radius 3 is 2.26 bits per heavy atom. The van der Waals surface area contributed by atoms with Crippen LogP contribution in [0, 0.1) is 5.41 Å². The Balaban J connectivity index is 1.61. The molecule has 0 unspecified atom stereocenters. The lowest BCUT2D eigenvalue weighted by atomic mass is 9.81. The molecule has 2 heteroatoms. The fourth-order valence-corrected chi connectivity index (χ4v) is 5.33. The maximum absolute atomic E-state index is 11.9. The van der Waals surface area contributed by atoms with E-state index in [1.807, 2.05) is 0 Å². The molecular formula is C21H20O2. The van der Waals surface area contributed by atoms with Gasteiger partial charge in [0.2, 0.25) is 0 Å². The Bertz CT molecular complexity index is 822. The third-order valence-electron chi connectivity index (χ3n) is 6.18. The summed E-state index contributed by atoms with van der Waals surface area (Å²) in [5.74, 6) is -0.715. The second-order valence-corrected chi connectivity index (χ2v) is 7.66. The van der Waals surface area contributed by atoms with E-state index in [1.54, 1.807) is 0 Å². The SMILES string of the molecule is O=C(O)c1c2c(cc3c1CC1(Cc4ccccc4C1)C3)CCC2. The average Bonchev–Trinajstić information content (AvgIpc) is 3.19. The van der Waals surface area contributed by atoms with Crippen LogP contribution < -0.4 is 0 Å². The molecule has 0 radical (unpaired) electrons. The van der Waals surface area contributed by atoms with Gasteiger partial charge in [0.1, 0.15) is 0 Å². The first kappa shape index (κ1) is 13.4. The Kier molecular flexibility index (Phi) is 2.60. The number of aryl methyl sites for hydroxylation is 1. The van der Waals surface area contributed by atoms with Crippen LogP contribution in [0.2, 0.25) is 0 Å². The minimum Gasteiger partial charge on any atom is -0.478 e. The number of carbonyl (C=O) groups is 1. The maximum Gasteiger partial charge on any atom is 0.336 e. The van der Waals surface area contributed by atoms with Crippen LogP contribution in [0.5, 0.6) is 0 Å². The molecular weight excluding hydrogens is 284 g/mol. The van der Waals surface area contributed by atoms with E-state index in [0.29, 0.717) is 5.56 Å². The van der Waals surface area contributed by atoms with Gasteiger partial charge in [0, 0.05) is 0 Å². The van der Waals surface area contributed by atoms with Gasteiger partial charge in [-0.2, -0.15) is 0 Å². The van der Waals surface area contributed by atoms with Crippen LogP contribution in [0.25, 0.3) is 0 Å². The van der Waals surface area contributed by atoms with Gasteiger partial charge in [0.15, 0.2) is 0 Å². The van der Waals surface area contributed by atoms with Gasteiger partial charge in [-0.05, 0) is 83.7 Å². The number of hydrogen-bond acceptors (Lipinski definition) is 1. The van der Waals surface area contributed by atoms with Crippen molar-refractivity contribution in [3.63, 3.8) is 0 Å². The highest BCUT2D eigenvalue weighted by Gasteiger charge is 2.44. The summed E-state index contributed by atoms with van der Waals surface area (Å²) in [5, 5.41) is 9.82. The van der Waals surface area contributed by atoms with Crippen LogP contribution in [0.1, 0.15) is 50.2 Å². The van der Waals surface area contributed by atoms with Crippen LogP contribution >= 0.6 is 0 Å². The molecule has 0 saturated heterocycles. The summed E-state index contributed by atoms with van der Waals surface area (Å²) in [6.07, 6.45) is 7.28. The molecule has 3 aliphatic carbocycles. The van der Waals surface area contributed by atoms with Crippen molar-refractivity contribution < 1.29 is 9.90 Å². The van der Waals surface area contributed by atoms with E-state index >= 15 is 0 Å². The summed E-state index contributed by atoms with van der Waals surface area (Å²) in [4.78, 5) is 11.9. The van der Waals surface area contributed by atoms with Crippen molar-refractivity contribution >= 4 is 5.97 Å². The third-order valence-corrected chi connectivity index (χ3v) is 6.18. The molecule has 0 aromatic heterocycles. The smallest absolute Gasteiger partial charge is 0.336 e. The monoisotopic (exact) mass is 304 g/mol. The quantitative estimate of drug-likeness (QED) is 0.871. The normalized spacial score (nSPS) is 19.7. The minimum absolute atomic E-state index is 0.227. The van der Waals surface area contributed by atoms with Gasteiger partial charge in [-0.15, -0.1) is 0 Å². The fraction of sp³-hybridized carbons (Fsp3) is 0.381. The van der Waals surface area contributed by atoms with E-state index in [1.165, 1.54) is 22.3 Å². The number of hydrogen-bond donors (Lipinski definition) is 1. The summed E-state index contributed by atoms with van der Waals surface area (Å²) in [7, 11) is 0. The van der Waals surface area contributed by atoms with E-state index in [9.17, 15) is 9.90 Å². The van der Waals surface area contributed by atoms with Crippen LogP contribution in [0.15, 0.2) is 30.3 Å². The van der Waals surface area contributed by atoms with Crippen LogP contribution in [-0.2, 0) is 38.5 Å². The minimum atomic E-state index is -0.715. The van der Waals surface area contributed by atoms with Crippen molar-refractivity contribution in [3.05, 3.63) is 69.3 Å². The Hall–Kier alpha value is -2.09. The van der Waals surface area contributed by atoms with Gasteiger partial charge >= 0.3 is 5.97 Å². The molecule has 23 heavy (non-hydrogen) atoms. The fourth-order valence-electron chi connectivity index (χ4n) is 5.33. The van der Waals surface area contributed by atoms with Gasteiger partial charge in [-0.3, -0.25) is 0 Å². The van der Waals surface area contributed by atoms with Crippen molar-refractivity contribution in [3.8, 4) is 0 Å². The lowest BCUT2D eigenvalue weighted by Gasteiger charge is -2.22. The Labute approximate surface area is 136 Å². The highest BCUT2D eigenvalue weighted by atomic mass is 16.4. The van der Waals surface area contributed by atoms with Crippen molar-refractivity contribution in [2.24, 2.45) is 5.41 Å². The summed E-state index contributed by atoms with van der Waals surface area (Å²) in [6, 6.07) is 11.1. The van der Waals surface area contributed by atoms with E-state index in [2.05, 4.69) is 30.3 Å². The van der Waals surface area contributed by atoms with Crippen LogP contribution in [0.4, 0.5) is 0 Å². The summed E-state index contributed by atoms with van der Waals surface area (Å²) < 4.78 is 0. The highest BCUT2D eigenvalue weighted by molar-refractivity contribution is 5.92. The molecule has 116 valence electrons. The second kappa shape index (κ2) is 4.47. The molecule has 2 aromatic rings. The number of benzene rings is 2. The number of carboxylic acids is 1. The van der Waals surface area contributed by atoms with Gasteiger partial charge in [0.25, 0.3) is 0 Å². The zero-order valence-corrected chi connectivity index (χ0v) is 13.2. The van der Waals surface area contributed by atoms with E-state index in [-0.39, 0.29) is 5.41 Å². The van der Waals surface area contributed by atoms with E-state index in [4.69, 9.17) is 0 Å². The lowest BCUT2D eigenvalue weighted by Crippen LogP contribution is -2.22. The number of carboxylic acid groups (broad SMARTS) is 1. The number of aromatic carboxylic acids is 1. The number of fused-ring (bicyclic) bond motifs is 3. The largest absolute Gasteiger partial charge is 0.478 e. The molecule has 0 heterocycles. The molecule has 1 N–H and O–H groups in total. The van der Waals surface area contributed by atoms with Crippen molar-refractivity contribution in [1.82, 2.24) is 0 Å². The summed E-state index contributed by atoms with van der Waals surface area (Å²) >= 11 is 0. The van der Waals surface area contributed by atoms with Crippen LogP contribution in [-0.4, -0.2) is 11.1 Å². The van der Waals surface area contributed by atoms with Crippen molar-refractivity contribution in [2.45, 2.75) is 44.9 Å². The van der Waals surface area contributed by atoms with Gasteiger partial charge in [-0.25, -0.2) is 4.79 Å². The molecule has 2 nitrogen and oxygen atoms in total. The molecule has 2 aromatic carbocycles. The molecule has 1 spiro atoms. The zero-order valence-electron chi connectivity index (χ0n) is 13.2. The molecule has 0 saturated carbocycles. The Morgan fingerprint density at radius 1 is 0.870 bits per heavy atom. The van der Waals surface area contributed by atoms with Gasteiger partial charge in [-0.1, -0.05) is 30.3 Å². The third kappa shape index (κ3) is 1.84. The van der Waals surface area contributed by atoms with E-state index in [0.717, 1.165) is 56.1 Å². The van der Waals surface area contributed by atoms with E-state index < -0.39 is 5.97 Å². The predicted octanol–water partition coefficient (Wildman–Crippen LogP) is 3.76. The summed E-state index contributed by atoms with van der Waals surface area (Å²) in [5.41, 5.74) is 8.70. The second-order valence-electron chi connectivity index (χ2n) is 7.66. The molecule has 0 fully saturated rings. The maximum atomic E-state index is 11.9. The zero-order chi connectivity index (χ0) is 15.6. The number of rotatable bonds is 1. The van der Waals surface area contributed by atoms with Crippen molar-refractivity contribution in [1.29, 1.82) is 0 Å². The molecule has 0 bridgehead atoms. The molecule has 3 aliphatic rings. The van der Waals surface area contributed by atoms with Crippen molar-refractivity contribution in [2.75, 3.05) is 0 Å². The predicted molar refractivity (Wildman–Crippen MR) is 89.1 cm³/mol. The van der Waals surface area contributed by atoms with Gasteiger partial charge in [0.05, 0.1) is 5.56 Å². The van der Waals surface area contributed by atoms with Gasteiger partial charge < -0.3 is 5.11 Å². The molecule has 0 amide bonds.